The number of halogens is 2. The molecule has 0 aromatic heterocycles. The van der Waals surface area contributed by atoms with Crippen LogP contribution in [0.1, 0.15) is 11.1 Å². The Bertz CT molecular complexity index is 707. The molecule has 0 spiro atoms. The van der Waals surface area contributed by atoms with Crippen molar-refractivity contribution in [3.05, 3.63) is 58.4 Å². The molecule has 0 saturated heterocycles. The van der Waals surface area contributed by atoms with E-state index in [1.54, 1.807) is 0 Å². The summed E-state index contributed by atoms with van der Waals surface area (Å²) < 4.78 is 18.6. The molecule has 6 heteroatoms. The highest BCUT2D eigenvalue weighted by Crippen LogP contribution is 2.19. The van der Waals surface area contributed by atoms with E-state index in [9.17, 15) is 9.18 Å². The SMILES string of the molecule is Cc1ccc(OCCNC(=O)Nc2ccc(F)c(Cl)c2)c(C)c1. The molecule has 0 aliphatic carbocycles. The highest BCUT2D eigenvalue weighted by molar-refractivity contribution is 6.31. The zero-order valence-corrected chi connectivity index (χ0v) is 13.7. The van der Waals surface area contributed by atoms with Crippen LogP contribution in [0.5, 0.6) is 5.75 Å². The third-order valence-corrected chi connectivity index (χ3v) is 3.44. The van der Waals surface area contributed by atoms with E-state index in [2.05, 4.69) is 10.6 Å². The molecule has 0 bridgehead atoms. The Hall–Kier alpha value is -2.27. The highest BCUT2D eigenvalue weighted by Gasteiger charge is 2.05. The molecule has 0 saturated carbocycles. The number of carbonyl (C=O) groups excluding carboxylic acids is 1. The van der Waals surface area contributed by atoms with Crippen LogP contribution in [0, 0.1) is 19.7 Å². The monoisotopic (exact) mass is 336 g/mol. The van der Waals surface area contributed by atoms with Gasteiger partial charge in [-0.2, -0.15) is 0 Å². The summed E-state index contributed by atoms with van der Waals surface area (Å²) in [6.45, 7) is 4.68. The lowest BCUT2D eigenvalue weighted by Crippen LogP contribution is -2.32. The Morgan fingerprint density at radius 3 is 2.70 bits per heavy atom. The predicted molar refractivity (Wildman–Crippen MR) is 89.8 cm³/mol. The van der Waals surface area contributed by atoms with Gasteiger partial charge in [0.2, 0.25) is 0 Å². The van der Waals surface area contributed by atoms with Gasteiger partial charge in [-0.25, -0.2) is 9.18 Å². The van der Waals surface area contributed by atoms with Gasteiger partial charge in [-0.1, -0.05) is 29.3 Å². The number of anilines is 1. The lowest BCUT2D eigenvalue weighted by atomic mass is 10.1. The van der Waals surface area contributed by atoms with Gasteiger partial charge in [-0.3, -0.25) is 0 Å². The van der Waals surface area contributed by atoms with Gasteiger partial charge in [0.15, 0.2) is 0 Å². The van der Waals surface area contributed by atoms with Gasteiger partial charge >= 0.3 is 6.03 Å². The maximum absolute atomic E-state index is 13.0. The zero-order valence-electron chi connectivity index (χ0n) is 13.0. The summed E-state index contributed by atoms with van der Waals surface area (Å²) in [6.07, 6.45) is 0. The van der Waals surface area contributed by atoms with Crippen LogP contribution >= 0.6 is 11.6 Å². The molecule has 23 heavy (non-hydrogen) atoms. The van der Waals surface area contributed by atoms with Crippen LogP contribution < -0.4 is 15.4 Å². The second kappa shape index (κ2) is 7.83. The predicted octanol–water partition coefficient (Wildman–Crippen LogP) is 4.30. The molecule has 2 aromatic carbocycles. The maximum Gasteiger partial charge on any atom is 0.319 e. The van der Waals surface area contributed by atoms with Crippen molar-refractivity contribution in [2.75, 3.05) is 18.5 Å². The van der Waals surface area contributed by atoms with Crippen molar-refractivity contribution < 1.29 is 13.9 Å². The summed E-state index contributed by atoms with van der Waals surface area (Å²) >= 11 is 5.65. The molecule has 122 valence electrons. The number of ether oxygens (including phenoxy) is 1. The van der Waals surface area contributed by atoms with Crippen molar-refractivity contribution in [1.82, 2.24) is 5.32 Å². The Labute approximate surface area is 139 Å². The quantitative estimate of drug-likeness (QED) is 0.800. The van der Waals surface area contributed by atoms with Crippen molar-refractivity contribution in [1.29, 1.82) is 0 Å². The smallest absolute Gasteiger partial charge is 0.319 e. The molecule has 2 amide bonds. The zero-order chi connectivity index (χ0) is 16.8. The fourth-order valence-electron chi connectivity index (χ4n) is 2.04. The molecule has 0 heterocycles. The minimum absolute atomic E-state index is 0.0408. The van der Waals surface area contributed by atoms with Crippen LogP contribution in [0.4, 0.5) is 14.9 Å². The standard InChI is InChI=1S/C17H18ClFN2O2/c1-11-3-6-16(12(2)9-11)23-8-7-20-17(22)21-13-4-5-15(19)14(18)10-13/h3-6,9-10H,7-8H2,1-2H3,(H2,20,21,22). The van der Waals surface area contributed by atoms with Gasteiger partial charge < -0.3 is 15.4 Å². The first-order valence-corrected chi connectivity index (χ1v) is 7.53. The number of amides is 2. The first-order valence-electron chi connectivity index (χ1n) is 7.15. The number of benzene rings is 2. The number of hydrogen-bond acceptors (Lipinski definition) is 2. The first-order chi connectivity index (χ1) is 11.0. The van der Waals surface area contributed by atoms with Gasteiger partial charge in [-0.05, 0) is 43.7 Å². The summed E-state index contributed by atoms with van der Waals surface area (Å²) in [5.41, 5.74) is 2.64. The van der Waals surface area contributed by atoms with E-state index in [0.717, 1.165) is 11.3 Å². The molecule has 0 atom stereocenters. The molecular formula is C17H18ClFN2O2. The molecule has 0 fully saturated rings. The molecule has 2 rings (SSSR count). The van der Waals surface area contributed by atoms with Crippen LogP contribution in [0.3, 0.4) is 0 Å². The second-order valence-corrected chi connectivity index (χ2v) is 5.53. The van der Waals surface area contributed by atoms with Gasteiger partial charge in [0, 0.05) is 5.69 Å². The Morgan fingerprint density at radius 2 is 2.00 bits per heavy atom. The second-order valence-electron chi connectivity index (χ2n) is 5.13. The molecule has 4 nitrogen and oxygen atoms in total. The van der Waals surface area contributed by atoms with Crippen LogP contribution in [0.15, 0.2) is 36.4 Å². The van der Waals surface area contributed by atoms with E-state index in [0.29, 0.717) is 18.8 Å². The van der Waals surface area contributed by atoms with Crippen molar-refractivity contribution in [3.8, 4) is 5.75 Å². The molecular weight excluding hydrogens is 319 g/mol. The fraction of sp³-hybridized carbons (Fsp3) is 0.235. The minimum atomic E-state index is -0.528. The summed E-state index contributed by atoms with van der Waals surface area (Å²) in [7, 11) is 0. The van der Waals surface area contributed by atoms with E-state index in [4.69, 9.17) is 16.3 Å². The Balaban J connectivity index is 1.75. The van der Waals surface area contributed by atoms with Gasteiger partial charge in [0.05, 0.1) is 11.6 Å². The topological polar surface area (TPSA) is 50.4 Å². The third-order valence-electron chi connectivity index (χ3n) is 3.15. The normalized spacial score (nSPS) is 10.3. The van der Waals surface area contributed by atoms with Crippen molar-refractivity contribution in [2.24, 2.45) is 0 Å². The molecule has 0 radical (unpaired) electrons. The number of aryl methyl sites for hydroxylation is 2. The number of urea groups is 1. The van der Waals surface area contributed by atoms with Crippen molar-refractivity contribution in [2.45, 2.75) is 13.8 Å². The molecule has 2 N–H and O–H groups in total. The van der Waals surface area contributed by atoms with Crippen LogP contribution in [0.2, 0.25) is 5.02 Å². The number of nitrogens with one attached hydrogen (secondary N) is 2. The number of carbonyl (C=O) groups is 1. The lowest BCUT2D eigenvalue weighted by molar-refractivity contribution is 0.247. The molecule has 2 aromatic rings. The average Bonchev–Trinajstić information content (AvgIpc) is 2.49. The van der Waals surface area contributed by atoms with Gasteiger partial charge in [0.25, 0.3) is 0 Å². The van der Waals surface area contributed by atoms with Crippen molar-refractivity contribution >= 4 is 23.3 Å². The summed E-state index contributed by atoms with van der Waals surface area (Å²) in [5, 5.41) is 5.18. The van der Waals surface area contributed by atoms with Gasteiger partial charge in [-0.15, -0.1) is 0 Å². The summed E-state index contributed by atoms with van der Waals surface area (Å²) in [4.78, 5) is 11.7. The van der Waals surface area contributed by atoms with Crippen LogP contribution in [-0.4, -0.2) is 19.2 Å². The number of rotatable bonds is 5. The molecule has 0 unspecified atom stereocenters. The fourth-order valence-corrected chi connectivity index (χ4v) is 2.22. The first kappa shape index (κ1) is 17.1. The van der Waals surface area contributed by atoms with Gasteiger partial charge in [0.1, 0.15) is 18.2 Å². The average molecular weight is 337 g/mol. The van der Waals surface area contributed by atoms with Crippen LogP contribution in [0.25, 0.3) is 0 Å². The van der Waals surface area contributed by atoms with E-state index in [1.807, 2.05) is 32.0 Å². The van der Waals surface area contributed by atoms with Crippen molar-refractivity contribution in [3.63, 3.8) is 0 Å². The number of hydrogen-bond donors (Lipinski definition) is 2. The van der Waals surface area contributed by atoms with E-state index in [1.165, 1.54) is 23.8 Å². The Morgan fingerprint density at radius 1 is 1.22 bits per heavy atom. The van der Waals surface area contributed by atoms with E-state index >= 15 is 0 Å². The Kier molecular flexibility index (Phi) is 5.82. The molecule has 0 aliphatic heterocycles. The largest absolute Gasteiger partial charge is 0.491 e. The highest BCUT2D eigenvalue weighted by atomic mass is 35.5. The maximum atomic E-state index is 13.0. The van der Waals surface area contributed by atoms with Crippen LogP contribution in [-0.2, 0) is 0 Å². The minimum Gasteiger partial charge on any atom is -0.491 e. The lowest BCUT2D eigenvalue weighted by Gasteiger charge is -2.11. The van der Waals surface area contributed by atoms with E-state index < -0.39 is 11.8 Å². The molecule has 0 aliphatic rings. The van der Waals surface area contributed by atoms with E-state index in [-0.39, 0.29) is 5.02 Å². The summed E-state index contributed by atoms with van der Waals surface area (Å²) in [5.74, 6) is 0.266. The summed E-state index contributed by atoms with van der Waals surface area (Å²) in [6, 6.07) is 9.49. The third kappa shape index (κ3) is 5.14.